The highest BCUT2D eigenvalue weighted by Gasteiger charge is 2.56. The molecule has 2 saturated heterocycles. The molecule has 328 valence electrons. The van der Waals surface area contributed by atoms with Crippen LogP contribution in [0.5, 0.6) is 5.75 Å². The van der Waals surface area contributed by atoms with Gasteiger partial charge in [-0.25, -0.2) is 4.79 Å². The van der Waals surface area contributed by atoms with Crippen molar-refractivity contribution in [3.05, 3.63) is 48.0 Å². The van der Waals surface area contributed by atoms with Gasteiger partial charge in [0.25, 0.3) is 0 Å². The third-order valence-corrected chi connectivity index (χ3v) is 11.1. The van der Waals surface area contributed by atoms with E-state index in [-0.39, 0.29) is 0 Å². The molecule has 1 amide bonds. The van der Waals surface area contributed by atoms with E-state index >= 15 is 0 Å². The molecule has 1 aliphatic carbocycles. The van der Waals surface area contributed by atoms with Gasteiger partial charge in [-0.05, 0) is 47.0 Å². The van der Waals surface area contributed by atoms with Crippen molar-refractivity contribution in [1.29, 1.82) is 0 Å². The maximum Gasteiger partial charge on any atom is 0.336 e. The normalized spacial score (nSPS) is 36.2. The van der Waals surface area contributed by atoms with Gasteiger partial charge < -0.3 is 85.2 Å². The number of carboxylic acids is 1. The minimum atomic E-state index is -2.36. The number of carbonyl (C=O) groups is 3. The number of rotatable bonds is 16. The number of fused-ring (bicyclic) bond motifs is 1. The molecule has 20 nitrogen and oxygen atoms in total. The molecule has 3 fully saturated rings. The van der Waals surface area contributed by atoms with Crippen LogP contribution in [0.4, 0.5) is 0 Å². The molecule has 0 aromatic heterocycles. The first-order chi connectivity index (χ1) is 27.9. The lowest BCUT2D eigenvalue weighted by Gasteiger charge is -2.48. The zero-order valence-electron chi connectivity index (χ0n) is 32.2. The number of carbonyl (C=O) groups excluding carboxylic acids is 2. The molecule has 1 saturated carbocycles. The van der Waals surface area contributed by atoms with Crippen molar-refractivity contribution in [2.45, 2.75) is 117 Å². The fraction of sp³-hybridized carbons (Fsp3) is 0.615. The van der Waals surface area contributed by atoms with Crippen molar-refractivity contribution in [3.8, 4) is 5.75 Å². The first-order valence-corrected chi connectivity index (χ1v) is 19.0. The molecule has 20 heteroatoms. The van der Waals surface area contributed by atoms with Crippen molar-refractivity contribution in [1.82, 2.24) is 5.32 Å². The van der Waals surface area contributed by atoms with Gasteiger partial charge in [0.05, 0.1) is 51.3 Å². The lowest BCUT2D eigenvalue weighted by atomic mass is 9.70. The first kappa shape index (κ1) is 46.4. The summed E-state index contributed by atoms with van der Waals surface area (Å²) in [7, 11) is 1.56. The van der Waals surface area contributed by atoms with E-state index in [9.17, 15) is 70.6 Å². The Morgan fingerprint density at radius 2 is 1.56 bits per heavy atom. The van der Waals surface area contributed by atoms with Crippen molar-refractivity contribution < 1.29 is 94.2 Å². The smallest absolute Gasteiger partial charge is 0.336 e. The lowest BCUT2D eigenvalue weighted by Crippen LogP contribution is -2.66. The quantitative estimate of drug-likeness (QED) is 0.0725. The Morgan fingerprint density at radius 3 is 2.20 bits per heavy atom. The molecule has 2 aromatic rings. The van der Waals surface area contributed by atoms with Gasteiger partial charge >= 0.3 is 5.97 Å². The third kappa shape index (κ3) is 10.4. The highest BCUT2D eigenvalue weighted by atomic mass is 16.7. The number of ketones is 1. The number of amides is 1. The Labute approximate surface area is 337 Å². The summed E-state index contributed by atoms with van der Waals surface area (Å²) in [5, 5.41) is 120. The molecule has 2 aromatic carbocycles. The number of aliphatic hydroxyl groups is 10. The number of benzene rings is 2. The number of nitrogens with one attached hydrogen (secondary N) is 1. The molecule has 2 aliphatic heterocycles. The zero-order chi connectivity index (χ0) is 43.3. The lowest BCUT2D eigenvalue weighted by molar-refractivity contribution is -0.345. The predicted molar refractivity (Wildman–Crippen MR) is 200 cm³/mol. The maximum atomic E-state index is 12.9. The second-order valence-electron chi connectivity index (χ2n) is 15.2. The maximum absolute atomic E-state index is 12.9. The second kappa shape index (κ2) is 19.8. The fourth-order valence-electron chi connectivity index (χ4n) is 7.85. The average Bonchev–Trinajstić information content (AvgIpc) is 3.21. The summed E-state index contributed by atoms with van der Waals surface area (Å²) in [6, 6.07) is 9.75. The largest absolute Gasteiger partial charge is 0.497 e. The predicted octanol–water partition coefficient (Wildman–Crippen LogP) is -3.68. The summed E-state index contributed by atoms with van der Waals surface area (Å²) >= 11 is 0. The van der Waals surface area contributed by atoms with Gasteiger partial charge in [-0.1, -0.05) is 24.3 Å². The van der Waals surface area contributed by atoms with E-state index in [1.54, 1.807) is 25.3 Å². The molecular formula is C39H53NO19. The van der Waals surface area contributed by atoms with Crippen LogP contribution in [0, 0.1) is 5.92 Å². The summed E-state index contributed by atoms with van der Waals surface area (Å²) in [5.74, 6) is -3.49. The van der Waals surface area contributed by atoms with Gasteiger partial charge in [-0.3, -0.25) is 9.59 Å². The van der Waals surface area contributed by atoms with Crippen LogP contribution in [0.1, 0.15) is 31.7 Å². The summed E-state index contributed by atoms with van der Waals surface area (Å²) in [5.41, 5.74) is -1.66. The van der Waals surface area contributed by atoms with Crippen LogP contribution in [-0.4, -0.2) is 192 Å². The van der Waals surface area contributed by atoms with Gasteiger partial charge in [0.1, 0.15) is 60.7 Å². The molecule has 0 spiro atoms. The summed E-state index contributed by atoms with van der Waals surface area (Å²) in [6.45, 7) is -1.51. The number of aliphatic carboxylic acids is 1. The Morgan fingerprint density at radius 1 is 0.881 bits per heavy atom. The Balaban J connectivity index is 1.25. The van der Waals surface area contributed by atoms with E-state index < -0.39 is 154 Å². The average molecular weight is 840 g/mol. The fourth-order valence-corrected chi connectivity index (χ4v) is 7.85. The van der Waals surface area contributed by atoms with E-state index in [0.717, 1.165) is 17.7 Å². The summed E-state index contributed by atoms with van der Waals surface area (Å²) < 4.78 is 28.1. The van der Waals surface area contributed by atoms with Crippen LogP contribution in [0.15, 0.2) is 42.5 Å². The number of ether oxygens (including phenoxy) is 5. The van der Waals surface area contributed by atoms with Crippen LogP contribution in [0.25, 0.3) is 16.8 Å². The van der Waals surface area contributed by atoms with E-state index in [1.165, 1.54) is 6.08 Å². The topological polar surface area (TPSA) is 332 Å². The number of carboxylic acid groups (broad SMARTS) is 1. The van der Waals surface area contributed by atoms with Crippen LogP contribution in [0.2, 0.25) is 0 Å². The van der Waals surface area contributed by atoms with E-state index in [2.05, 4.69) is 5.32 Å². The Kier molecular flexibility index (Phi) is 15.5. The molecule has 5 rings (SSSR count). The monoisotopic (exact) mass is 839 g/mol. The minimum absolute atomic E-state index is 0.419. The van der Waals surface area contributed by atoms with Gasteiger partial charge in [-0.15, -0.1) is 0 Å². The van der Waals surface area contributed by atoms with Crippen LogP contribution >= 0.6 is 0 Å². The highest BCUT2D eigenvalue weighted by molar-refractivity contribution is 5.95. The molecule has 16 atom stereocenters. The first-order valence-electron chi connectivity index (χ1n) is 19.0. The van der Waals surface area contributed by atoms with E-state index in [4.69, 9.17) is 23.7 Å². The Hall–Kier alpha value is -3.71. The van der Waals surface area contributed by atoms with Gasteiger partial charge in [-0.2, -0.15) is 0 Å². The number of methoxy groups -OCH3 is 1. The Bertz CT molecular complexity index is 1790. The highest BCUT2D eigenvalue weighted by Crippen LogP contribution is 2.40. The number of hydrogen-bond donors (Lipinski definition) is 12. The molecule has 0 radical (unpaired) electrons. The third-order valence-electron chi connectivity index (χ3n) is 11.1. The summed E-state index contributed by atoms with van der Waals surface area (Å²) in [6.07, 6.45) is -21.8. The van der Waals surface area contributed by atoms with E-state index in [0.29, 0.717) is 11.3 Å². The summed E-state index contributed by atoms with van der Waals surface area (Å²) in [4.78, 5) is 37.5. The van der Waals surface area contributed by atoms with E-state index in [1.807, 2.05) is 24.3 Å². The van der Waals surface area contributed by atoms with Gasteiger partial charge in [0, 0.05) is 25.7 Å². The molecule has 0 bridgehead atoms. The molecule has 12 N–H and O–H groups in total. The SMILES string of the molecule is COc1ccc2cc(/C=C/C(=O)C[C@@H]3O[C@H](CO)[C@@H](O[C@@H]4O[C@H](CO[C@]5(C(=O)O)CC(O)[C@@H](NC(C)=O)[C@H]([C@H](O)[C@H](O)CO)C5)[C@H](O)[C@H](O)[C@H]4O)[C@H](O)[C@H]3O)ccc2c1. The van der Waals surface area contributed by atoms with Crippen LogP contribution in [0.3, 0.4) is 0 Å². The second-order valence-corrected chi connectivity index (χ2v) is 15.2. The number of hydrogen-bond acceptors (Lipinski definition) is 18. The minimum Gasteiger partial charge on any atom is -0.497 e. The zero-order valence-corrected chi connectivity index (χ0v) is 32.2. The van der Waals surface area contributed by atoms with Gasteiger partial charge in [0.15, 0.2) is 17.7 Å². The van der Waals surface area contributed by atoms with Gasteiger partial charge in [0.2, 0.25) is 5.91 Å². The van der Waals surface area contributed by atoms with Crippen LogP contribution in [-0.2, 0) is 33.3 Å². The van der Waals surface area contributed by atoms with Crippen molar-refractivity contribution >= 4 is 34.5 Å². The van der Waals surface area contributed by atoms with Crippen LogP contribution < -0.4 is 10.1 Å². The van der Waals surface area contributed by atoms with Crippen molar-refractivity contribution in [3.63, 3.8) is 0 Å². The molecule has 59 heavy (non-hydrogen) atoms. The molecule has 1 unspecified atom stereocenters. The van der Waals surface area contributed by atoms with Crippen molar-refractivity contribution in [2.24, 2.45) is 5.92 Å². The standard InChI is InChI=1S/C39H53NO19/c1-17(43)40-29-23(30(47)25(46)14-41)12-39(38(53)54,13-24(29)45)56-16-28-32(49)33(50)35(52)37(58-28)59-36-27(15-42)57-26(31(48)34(36)51)11-21(44)7-4-18-3-5-20-10-22(55-2)8-6-19(20)9-18/h3-10,23-37,41-42,45-52H,11-16H2,1-2H3,(H,40,43)(H,53,54)/b7-4+/t23-,24?,25-,26+,27-,28-,29+,30+,31+,32+,33+,34-,35-,36-,37+,39+/m1/s1. The number of allylic oxidation sites excluding steroid dienone is 1. The van der Waals surface area contributed by atoms with Crippen molar-refractivity contribution in [2.75, 3.05) is 26.9 Å². The number of aliphatic hydroxyl groups excluding tert-OH is 10. The molecule has 2 heterocycles. The molecular weight excluding hydrogens is 786 g/mol. The molecule has 3 aliphatic rings.